The topological polar surface area (TPSA) is 48.7 Å². The minimum Gasteiger partial charge on any atom is -0.459 e. The Morgan fingerprint density at radius 2 is 1.59 bits per heavy atom. The molecule has 0 aliphatic carbocycles. The van der Waals surface area contributed by atoms with Gasteiger partial charge in [-0.05, 0) is 48.5 Å². The second kappa shape index (κ2) is 7.53. The highest BCUT2D eigenvalue weighted by molar-refractivity contribution is 6.04. The summed E-state index contributed by atoms with van der Waals surface area (Å²) in [4.78, 5) is 16.8. The second-order valence-corrected chi connectivity index (χ2v) is 6.40. The Bertz CT molecular complexity index is 901. The van der Waals surface area contributed by atoms with Gasteiger partial charge in [-0.15, -0.1) is 0 Å². The van der Waals surface area contributed by atoms with E-state index in [1.807, 2.05) is 36.4 Å². The van der Waals surface area contributed by atoms with E-state index in [-0.39, 0.29) is 17.5 Å². The van der Waals surface area contributed by atoms with Crippen molar-refractivity contribution in [3.63, 3.8) is 0 Å². The molecule has 5 nitrogen and oxygen atoms in total. The molecule has 138 valence electrons. The fraction of sp³-hybridized carbons (Fsp3) is 0.190. The number of nitrogens with one attached hydrogen (secondary N) is 1. The van der Waals surface area contributed by atoms with Crippen molar-refractivity contribution >= 4 is 23.0 Å². The predicted octanol–water partition coefficient (Wildman–Crippen LogP) is 4.00. The van der Waals surface area contributed by atoms with Gasteiger partial charge in [-0.25, -0.2) is 4.39 Å². The Balaban J connectivity index is 1.45. The highest BCUT2D eigenvalue weighted by Gasteiger charge is 2.20. The first-order valence-electron chi connectivity index (χ1n) is 8.90. The molecule has 1 N–H and O–H groups in total. The van der Waals surface area contributed by atoms with Crippen LogP contribution in [0, 0.1) is 5.82 Å². The van der Waals surface area contributed by atoms with Crippen molar-refractivity contribution in [2.75, 3.05) is 41.3 Å². The van der Waals surface area contributed by atoms with E-state index in [1.54, 1.807) is 12.1 Å². The summed E-state index contributed by atoms with van der Waals surface area (Å²) in [6.45, 7) is 3.27. The summed E-state index contributed by atoms with van der Waals surface area (Å²) in [5, 5.41) is 2.93. The van der Waals surface area contributed by atoms with E-state index in [9.17, 15) is 9.18 Å². The van der Waals surface area contributed by atoms with Crippen molar-refractivity contribution in [2.45, 2.75) is 0 Å². The van der Waals surface area contributed by atoms with Gasteiger partial charge in [0.1, 0.15) is 5.82 Å². The van der Waals surface area contributed by atoms with Gasteiger partial charge >= 0.3 is 0 Å². The predicted molar refractivity (Wildman–Crippen MR) is 104 cm³/mol. The van der Waals surface area contributed by atoms with Crippen molar-refractivity contribution in [2.24, 2.45) is 0 Å². The van der Waals surface area contributed by atoms with Gasteiger partial charge in [0.2, 0.25) is 0 Å². The largest absolute Gasteiger partial charge is 0.459 e. The van der Waals surface area contributed by atoms with E-state index in [2.05, 4.69) is 15.1 Å². The molecule has 1 saturated heterocycles. The molecule has 1 aliphatic rings. The fourth-order valence-electron chi connectivity index (χ4n) is 3.30. The van der Waals surface area contributed by atoms with E-state index in [1.165, 1.54) is 18.4 Å². The number of para-hydroxylation sites is 2. The molecule has 0 saturated carbocycles. The van der Waals surface area contributed by atoms with Gasteiger partial charge in [0.15, 0.2) is 5.76 Å². The molecule has 2 heterocycles. The zero-order valence-electron chi connectivity index (χ0n) is 14.8. The zero-order valence-corrected chi connectivity index (χ0v) is 14.8. The van der Waals surface area contributed by atoms with Gasteiger partial charge in [0.25, 0.3) is 5.91 Å². The molecule has 4 rings (SSSR count). The number of piperazine rings is 1. The van der Waals surface area contributed by atoms with Crippen molar-refractivity contribution in [1.82, 2.24) is 0 Å². The average Bonchev–Trinajstić information content (AvgIpc) is 3.24. The highest BCUT2D eigenvalue weighted by atomic mass is 19.1. The van der Waals surface area contributed by atoms with Crippen LogP contribution in [-0.4, -0.2) is 32.1 Å². The normalized spacial score (nSPS) is 14.3. The standard InChI is InChI=1S/C21H20FN3O2/c22-16-7-9-17(10-8-16)24-11-13-25(14-12-24)19-5-2-1-4-18(19)23-21(26)20-6-3-15-27-20/h1-10,15H,11-14H2,(H,23,26). The summed E-state index contributed by atoms with van der Waals surface area (Å²) in [5.74, 6) is -0.207. The zero-order chi connectivity index (χ0) is 18.6. The van der Waals surface area contributed by atoms with Gasteiger partial charge in [-0.2, -0.15) is 0 Å². The van der Waals surface area contributed by atoms with Crippen LogP contribution in [0.2, 0.25) is 0 Å². The molecule has 0 spiro atoms. The van der Waals surface area contributed by atoms with Gasteiger partial charge in [0, 0.05) is 31.9 Å². The molecule has 0 unspecified atom stereocenters. The Labute approximate surface area is 157 Å². The van der Waals surface area contributed by atoms with E-state index >= 15 is 0 Å². The lowest BCUT2D eigenvalue weighted by molar-refractivity contribution is 0.0996. The number of amides is 1. The molecule has 1 aliphatic heterocycles. The third kappa shape index (κ3) is 3.79. The van der Waals surface area contributed by atoms with Crippen LogP contribution in [0.15, 0.2) is 71.3 Å². The molecule has 0 atom stereocenters. The number of carbonyl (C=O) groups excluding carboxylic acids is 1. The number of furan rings is 1. The molecular weight excluding hydrogens is 345 g/mol. The van der Waals surface area contributed by atoms with Crippen molar-refractivity contribution < 1.29 is 13.6 Å². The third-order valence-electron chi connectivity index (χ3n) is 4.71. The molecule has 27 heavy (non-hydrogen) atoms. The van der Waals surface area contributed by atoms with E-state index in [4.69, 9.17) is 4.42 Å². The van der Waals surface area contributed by atoms with Crippen molar-refractivity contribution in [3.8, 4) is 0 Å². The van der Waals surface area contributed by atoms with E-state index < -0.39 is 0 Å². The molecule has 6 heteroatoms. The van der Waals surface area contributed by atoms with Crippen molar-refractivity contribution in [1.29, 1.82) is 0 Å². The number of anilines is 3. The quantitative estimate of drug-likeness (QED) is 0.759. The average molecular weight is 365 g/mol. The van der Waals surface area contributed by atoms with Crippen LogP contribution in [0.5, 0.6) is 0 Å². The number of nitrogens with zero attached hydrogens (tertiary/aromatic N) is 2. The lowest BCUT2D eigenvalue weighted by Gasteiger charge is -2.38. The number of hydrogen-bond acceptors (Lipinski definition) is 4. The fourth-order valence-corrected chi connectivity index (χ4v) is 3.30. The van der Waals surface area contributed by atoms with Gasteiger partial charge in [-0.3, -0.25) is 4.79 Å². The molecule has 1 fully saturated rings. The smallest absolute Gasteiger partial charge is 0.291 e. The summed E-state index contributed by atoms with van der Waals surface area (Å²) in [7, 11) is 0. The summed E-state index contributed by atoms with van der Waals surface area (Å²) in [6.07, 6.45) is 1.48. The van der Waals surface area contributed by atoms with E-state index in [0.29, 0.717) is 0 Å². The first-order valence-corrected chi connectivity index (χ1v) is 8.90. The van der Waals surface area contributed by atoms with Crippen molar-refractivity contribution in [3.05, 3.63) is 78.5 Å². The van der Waals surface area contributed by atoms with Gasteiger partial charge in [-0.1, -0.05) is 12.1 Å². The molecule has 0 radical (unpaired) electrons. The molecule has 0 bridgehead atoms. The minimum absolute atomic E-state index is 0.224. The third-order valence-corrected chi connectivity index (χ3v) is 4.71. The van der Waals surface area contributed by atoms with Gasteiger partial charge < -0.3 is 19.5 Å². The first kappa shape index (κ1) is 17.1. The molecular formula is C21H20FN3O2. The number of hydrogen-bond donors (Lipinski definition) is 1. The Kier molecular flexibility index (Phi) is 4.78. The molecule has 2 aromatic carbocycles. The number of carbonyl (C=O) groups is 1. The lowest BCUT2D eigenvalue weighted by atomic mass is 10.2. The maximum Gasteiger partial charge on any atom is 0.291 e. The Morgan fingerprint density at radius 1 is 0.889 bits per heavy atom. The first-order chi connectivity index (χ1) is 13.2. The monoisotopic (exact) mass is 365 g/mol. The van der Waals surface area contributed by atoms with Crippen LogP contribution in [0.25, 0.3) is 0 Å². The number of benzene rings is 2. The SMILES string of the molecule is O=C(Nc1ccccc1N1CCN(c2ccc(F)cc2)CC1)c1ccco1. The van der Waals surface area contributed by atoms with Gasteiger partial charge in [0.05, 0.1) is 17.6 Å². The Morgan fingerprint density at radius 3 is 2.30 bits per heavy atom. The molecule has 1 amide bonds. The molecule has 1 aromatic heterocycles. The van der Waals surface area contributed by atoms with E-state index in [0.717, 1.165) is 43.2 Å². The number of halogens is 1. The Hall–Kier alpha value is -3.28. The summed E-state index contributed by atoms with van der Waals surface area (Å²) >= 11 is 0. The maximum atomic E-state index is 13.1. The summed E-state index contributed by atoms with van der Waals surface area (Å²) < 4.78 is 18.3. The summed E-state index contributed by atoms with van der Waals surface area (Å²) in [5.41, 5.74) is 2.76. The molecule has 3 aromatic rings. The van der Waals surface area contributed by atoms with Crippen LogP contribution in [0.3, 0.4) is 0 Å². The van der Waals surface area contributed by atoms with Crippen LogP contribution in [-0.2, 0) is 0 Å². The number of rotatable bonds is 4. The van der Waals surface area contributed by atoms with Crippen LogP contribution in [0.4, 0.5) is 21.5 Å². The lowest BCUT2D eigenvalue weighted by Crippen LogP contribution is -2.46. The van der Waals surface area contributed by atoms with Crippen LogP contribution in [0.1, 0.15) is 10.6 Å². The van der Waals surface area contributed by atoms with Crippen LogP contribution >= 0.6 is 0 Å². The minimum atomic E-state index is -0.266. The second-order valence-electron chi connectivity index (χ2n) is 6.40. The maximum absolute atomic E-state index is 13.1. The van der Waals surface area contributed by atoms with Crippen LogP contribution < -0.4 is 15.1 Å². The summed E-state index contributed by atoms with van der Waals surface area (Å²) in [6, 6.07) is 17.7. The highest BCUT2D eigenvalue weighted by Crippen LogP contribution is 2.28.